The fourth-order valence-corrected chi connectivity index (χ4v) is 2.83. The molecular formula is C20H27ClN4O5. The molecule has 0 bridgehead atoms. The number of carbonyl (C=O) groups is 2. The summed E-state index contributed by atoms with van der Waals surface area (Å²) < 4.78 is 17.4. The Hall–Kier alpha value is -2.52. The normalized spacial score (nSPS) is 12.5. The molecule has 0 unspecified atom stereocenters. The van der Waals surface area contributed by atoms with Crippen molar-refractivity contribution in [2.24, 2.45) is 0 Å². The molecule has 0 N–H and O–H groups in total. The van der Waals surface area contributed by atoms with E-state index >= 15 is 0 Å². The molecule has 0 aromatic carbocycles. The van der Waals surface area contributed by atoms with Crippen LogP contribution in [-0.4, -0.2) is 56.9 Å². The summed E-state index contributed by atoms with van der Waals surface area (Å²) in [6.07, 6.45) is 2.73. The van der Waals surface area contributed by atoms with Crippen molar-refractivity contribution in [2.45, 2.75) is 59.3 Å². The molecule has 10 heteroatoms. The van der Waals surface area contributed by atoms with Crippen LogP contribution in [0.5, 0.6) is 0 Å². The van der Waals surface area contributed by atoms with Crippen molar-refractivity contribution in [3.63, 3.8) is 0 Å². The number of halogens is 1. The van der Waals surface area contributed by atoms with Crippen LogP contribution in [0.15, 0.2) is 12.4 Å². The Labute approximate surface area is 180 Å². The largest absolute Gasteiger partial charge is 0.460 e. The molecule has 9 nitrogen and oxygen atoms in total. The van der Waals surface area contributed by atoms with Crippen LogP contribution >= 0.6 is 11.6 Å². The molecule has 1 atom stereocenters. The molecule has 2 aromatic heterocycles. The van der Waals surface area contributed by atoms with Gasteiger partial charge < -0.3 is 18.8 Å². The van der Waals surface area contributed by atoms with Gasteiger partial charge in [-0.15, -0.1) is 0 Å². The highest BCUT2D eigenvalue weighted by Crippen LogP contribution is 2.22. The Bertz CT molecular complexity index is 907. The van der Waals surface area contributed by atoms with Crippen LogP contribution in [0.25, 0.3) is 11.4 Å². The maximum absolute atomic E-state index is 12.4. The zero-order valence-electron chi connectivity index (χ0n) is 18.1. The van der Waals surface area contributed by atoms with Gasteiger partial charge in [-0.25, -0.2) is 24.5 Å². The maximum atomic E-state index is 12.4. The molecule has 2 rings (SSSR count). The number of ether oxygens (including phenoxy) is 3. The van der Waals surface area contributed by atoms with E-state index in [9.17, 15) is 9.59 Å². The highest BCUT2D eigenvalue weighted by atomic mass is 35.5. The van der Waals surface area contributed by atoms with Gasteiger partial charge in [0.25, 0.3) is 0 Å². The van der Waals surface area contributed by atoms with E-state index in [1.807, 2.05) is 6.92 Å². The average molecular weight is 439 g/mol. The Morgan fingerprint density at radius 1 is 1.27 bits per heavy atom. The Morgan fingerprint density at radius 3 is 2.57 bits per heavy atom. The summed E-state index contributed by atoms with van der Waals surface area (Å²) in [6, 6.07) is 0. The van der Waals surface area contributed by atoms with Gasteiger partial charge in [0.05, 0.1) is 12.3 Å². The quantitative estimate of drug-likeness (QED) is 0.457. The summed E-state index contributed by atoms with van der Waals surface area (Å²) in [4.78, 5) is 37.3. The fourth-order valence-electron chi connectivity index (χ4n) is 2.69. The molecule has 0 aliphatic carbocycles. The van der Waals surface area contributed by atoms with E-state index in [1.54, 1.807) is 44.7 Å². The Kier molecular flexibility index (Phi) is 7.91. The molecule has 30 heavy (non-hydrogen) atoms. The number of esters is 2. The molecule has 0 fully saturated rings. The average Bonchev–Trinajstić information content (AvgIpc) is 3.07. The summed E-state index contributed by atoms with van der Waals surface area (Å²) in [5, 5.41) is 0.0761. The second kappa shape index (κ2) is 9.99. The first-order valence-corrected chi connectivity index (χ1v) is 9.93. The third-order valence-corrected chi connectivity index (χ3v) is 4.19. The van der Waals surface area contributed by atoms with Crippen LogP contribution in [0.2, 0.25) is 5.28 Å². The van der Waals surface area contributed by atoms with E-state index in [4.69, 9.17) is 25.8 Å². The van der Waals surface area contributed by atoms with E-state index in [1.165, 1.54) is 7.11 Å². The van der Waals surface area contributed by atoms with Crippen molar-refractivity contribution < 1.29 is 23.8 Å². The van der Waals surface area contributed by atoms with Gasteiger partial charge in [0.15, 0.2) is 6.10 Å². The van der Waals surface area contributed by atoms with Gasteiger partial charge in [0.2, 0.25) is 11.1 Å². The van der Waals surface area contributed by atoms with Crippen LogP contribution < -0.4 is 0 Å². The first kappa shape index (κ1) is 23.8. The monoisotopic (exact) mass is 438 g/mol. The maximum Gasteiger partial charge on any atom is 0.374 e. The van der Waals surface area contributed by atoms with Gasteiger partial charge in [0.1, 0.15) is 11.3 Å². The zero-order chi connectivity index (χ0) is 22.5. The van der Waals surface area contributed by atoms with Gasteiger partial charge in [-0.1, -0.05) is 0 Å². The second-order valence-corrected chi connectivity index (χ2v) is 7.92. The molecule has 0 radical (unpaired) electrons. The highest BCUT2D eigenvalue weighted by Gasteiger charge is 2.26. The van der Waals surface area contributed by atoms with Gasteiger partial charge in [-0.2, -0.15) is 0 Å². The predicted molar refractivity (Wildman–Crippen MR) is 110 cm³/mol. The molecule has 0 saturated carbocycles. The minimum Gasteiger partial charge on any atom is -0.460 e. The molecule has 2 heterocycles. The molecule has 0 aliphatic heterocycles. The van der Waals surface area contributed by atoms with Gasteiger partial charge in [-0.3, -0.25) is 0 Å². The standard InChI is InChI=1S/C20H27ClN4O5/c1-7-29-18(27)16-23-13(15-12(2)10-22-19(21)24-15)11-25(16)9-8-14(28-6)17(26)30-20(3,4)5/h10-11,14H,7-9H2,1-6H3/t14-/m1/s1. The van der Waals surface area contributed by atoms with Gasteiger partial charge in [-0.05, 0) is 51.8 Å². The van der Waals surface area contributed by atoms with Crippen LogP contribution in [0.4, 0.5) is 0 Å². The van der Waals surface area contributed by atoms with Crippen molar-refractivity contribution in [1.82, 2.24) is 19.5 Å². The van der Waals surface area contributed by atoms with Crippen molar-refractivity contribution >= 4 is 23.5 Å². The topological polar surface area (TPSA) is 105 Å². The molecular weight excluding hydrogens is 412 g/mol. The lowest BCUT2D eigenvalue weighted by atomic mass is 10.2. The fraction of sp³-hybridized carbons (Fsp3) is 0.550. The lowest BCUT2D eigenvalue weighted by Gasteiger charge is -2.23. The summed E-state index contributed by atoms with van der Waals surface area (Å²) >= 11 is 5.92. The first-order chi connectivity index (χ1) is 14.1. The van der Waals surface area contributed by atoms with E-state index in [-0.39, 0.29) is 30.7 Å². The number of methoxy groups -OCH3 is 1. The zero-order valence-corrected chi connectivity index (χ0v) is 18.8. The van der Waals surface area contributed by atoms with E-state index in [0.717, 1.165) is 5.56 Å². The molecule has 164 valence electrons. The van der Waals surface area contributed by atoms with Gasteiger partial charge >= 0.3 is 11.9 Å². The smallest absolute Gasteiger partial charge is 0.374 e. The molecule has 2 aromatic rings. The Morgan fingerprint density at radius 2 is 1.97 bits per heavy atom. The van der Waals surface area contributed by atoms with Crippen molar-refractivity contribution in [3.05, 3.63) is 29.1 Å². The molecule has 0 spiro atoms. The van der Waals surface area contributed by atoms with Crippen LogP contribution in [0.3, 0.4) is 0 Å². The van der Waals surface area contributed by atoms with Crippen molar-refractivity contribution in [2.75, 3.05) is 13.7 Å². The van der Waals surface area contributed by atoms with E-state index in [0.29, 0.717) is 11.4 Å². The summed E-state index contributed by atoms with van der Waals surface area (Å²) in [5.41, 5.74) is 1.08. The predicted octanol–water partition coefficient (Wildman–Crippen LogP) is 3.23. The third kappa shape index (κ3) is 6.24. The Balaban J connectivity index is 2.31. The van der Waals surface area contributed by atoms with Crippen molar-refractivity contribution in [3.8, 4) is 11.4 Å². The summed E-state index contributed by atoms with van der Waals surface area (Å²) in [6.45, 7) is 9.37. The lowest BCUT2D eigenvalue weighted by molar-refractivity contribution is -0.167. The minimum atomic E-state index is -0.791. The number of imidazole rings is 1. The van der Waals surface area contributed by atoms with Crippen LogP contribution in [0, 0.1) is 6.92 Å². The first-order valence-electron chi connectivity index (χ1n) is 9.55. The number of carbonyl (C=O) groups excluding carboxylic acids is 2. The molecule has 0 saturated heterocycles. The van der Waals surface area contributed by atoms with Crippen molar-refractivity contribution in [1.29, 1.82) is 0 Å². The number of nitrogens with zero attached hydrogens (tertiary/aromatic N) is 4. The van der Waals surface area contributed by atoms with Crippen LogP contribution in [0.1, 0.15) is 50.3 Å². The number of aryl methyl sites for hydroxylation is 2. The number of hydrogen-bond donors (Lipinski definition) is 0. The third-order valence-electron chi connectivity index (χ3n) is 4.01. The van der Waals surface area contributed by atoms with Crippen LogP contribution in [-0.2, 0) is 25.5 Å². The van der Waals surface area contributed by atoms with E-state index < -0.39 is 23.6 Å². The van der Waals surface area contributed by atoms with Gasteiger partial charge in [0, 0.05) is 32.5 Å². The molecule has 0 amide bonds. The molecule has 0 aliphatic rings. The highest BCUT2D eigenvalue weighted by molar-refractivity contribution is 6.28. The SMILES string of the molecule is CCOC(=O)c1nc(-c2nc(Cl)ncc2C)cn1CC[C@@H](OC)C(=O)OC(C)(C)C. The second-order valence-electron chi connectivity index (χ2n) is 7.58. The minimum absolute atomic E-state index is 0.0761. The summed E-state index contributed by atoms with van der Waals surface area (Å²) in [7, 11) is 1.44. The number of rotatable bonds is 8. The van der Waals surface area contributed by atoms with E-state index in [2.05, 4.69) is 15.0 Å². The number of hydrogen-bond acceptors (Lipinski definition) is 8. The lowest BCUT2D eigenvalue weighted by Crippen LogP contribution is -2.33. The summed E-state index contributed by atoms with van der Waals surface area (Å²) in [5.74, 6) is -0.950. The number of aromatic nitrogens is 4.